The van der Waals surface area contributed by atoms with Gasteiger partial charge in [0.2, 0.25) is 0 Å². The molecule has 0 heterocycles. The van der Waals surface area contributed by atoms with Gasteiger partial charge in [-0.25, -0.2) is 4.79 Å². The lowest BCUT2D eigenvalue weighted by Crippen LogP contribution is -2.24. The summed E-state index contributed by atoms with van der Waals surface area (Å²) in [6.45, 7) is 4.14. The number of carbonyl (C=O) groups excluding carboxylic acids is 1. The highest BCUT2D eigenvalue weighted by Crippen LogP contribution is 2.12. The Hall–Kier alpha value is -2.33. The van der Waals surface area contributed by atoms with Crippen LogP contribution in [0.3, 0.4) is 0 Å². The average Bonchev–Trinajstić information content (AvgIpc) is 2.63. The summed E-state index contributed by atoms with van der Waals surface area (Å²) in [7, 11) is 1.61. The van der Waals surface area contributed by atoms with Gasteiger partial charge in [0.05, 0.1) is 0 Å². The number of nitrogens with one attached hydrogen (secondary N) is 3. The highest BCUT2D eigenvalue weighted by Gasteiger charge is 2.02. The zero-order valence-electron chi connectivity index (χ0n) is 15.3. The van der Waals surface area contributed by atoms with E-state index in [9.17, 15) is 4.79 Å². The fraction of sp³-hybridized carbons (Fsp3) is 0.381. The van der Waals surface area contributed by atoms with Gasteiger partial charge in [-0.2, -0.15) is 0 Å². The lowest BCUT2D eigenvalue weighted by atomic mass is 10.0. The fourth-order valence-electron chi connectivity index (χ4n) is 2.89. The first-order valence-electron chi connectivity index (χ1n) is 9.08. The lowest BCUT2D eigenvalue weighted by Gasteiger charge is -2.10. The maximum Gasteiger partial charge on any atom is 0.318 e. The van der Waals surface area contributed by atoms with E-state index in [1.165, 1.54) is 23.1 Å². The third-order valence-electron chi connectivity index (χ3n) is 4.21. The number of hydrogen-bond acceptors (Lipinski definition) is 2. The summed E-state index contributed by atoms with van der Waals surface area (Å²) in [5.74, 6) is 0. The van der Waals surface area contributed by atoms with E-state index >= 15 is 0 Å². The molecule has 2 aromatic rings. The van der Waals surface area contributed by atoms with Crippen molar-refractivity contribution in [3.8, 4) is 0 Å². The van der Waals surface area contributed by atoms with Crippen molar-refractivity contribution in [3.63, 3.8) is 0 Å². The van der Waals surface area contributed by atoms with Crippen LogP contribution in [0.4, 0.5) is 10.5 Å². The molecule has 0 aromatic heterocycles. The van der Waals surface area contributed by atoms with Gasteiger partial charge >= 0.3 is 6.03 Å². The highest BCUT2D eigenvalue weighted by molar-refractivity contribution is 5.89. The Morgan fingerprint density at radius 2 is 1.64 bits per heavy atom. The Morgan fingerprint density at radius 1 is 0.920 bits per heavy atom. The molecule has 0 radical (unpaired) electrons. The Balaban J connectivity index is 1.74. The number of anilines is 1. The highest BCUT2D eigenvalue weighted by atomic mass is 16.2. The van der Waals surface area contributed by atoms with Crippen LogP contribution in [0, 0.1) is 0 Å². The first-order chi connectivity index (χ1) is 12.2. The molecule has 2 amide bonds. The number of hydrogen-bond donors (Lipinski definition) is 3. The largest absolute Gasteiger partial charge is 0.341 e. The zero-order chi connectivity index (χ0) is 17.9. The number of benzene rings is 2. The Kier molecular flexibility index (Phi) is 7.99. The summed E-state index contributed by atoms with van der Waals surface area (Å²) in [5, 5.41) is 8.89. The van der Waals surface area contributed by atoms with Crippen molar-refractivity contribution >= 4 is 11.7 Å². The smallest absolute Gasteiger partial charge is 0.318 e. The molecule has 4 nitrogen and oxygen atoms in total. The molecule has 0 saturated carbocycles. The second-order valence-electron chi connectivity index (χ2n) is 6.17. The molecule has 0 atom stereocenters. The molecule has 0 spiro atoms. The van der Waals surface area contributed by atoms with Crippen molar-refractivity contribution < 1.29 is 4.79 Å². The monoisotopic (exact) mass is 339 g/mol. The van der Waals surface area contributed by atoms with E-state index < -0.39 is 0 Å². The molecular weight excluding hydrogens is 310 g/mol. The number of carbonyl (C=O) groups is 1. The molecule has 0 unspecified atom stereocenters. The van der Waals surface area contributed by atoms with Gasteiger partial charge in [-0.15, -0.1) is 0 Å². The molecule has 25 heavy (non-hydrogen) atoms. The van der Waals surface area contributed by atoms with Gasteiger partial charge in [0, 0.05) is 12.7 Å². The summed E-state index contributed by atoms with van der Waals surface area (Å²) in [6, 6.07) is 16.5. The van der Waals surface area contributed by atoms with Gasteiger partial charge in [-0.3, -0.25) is 0 Å². The van der Waals surface area contributed by atoms with Gasteiger partial charge in [0.25, 0.3) is 0 Å². The average molecular weight is 339 g/mol. The lowest BCUT2D eigenvalue weighted by molar-refractivity contribution is 0.254. The second-order valence-corrected chi connectivity index (χ2v) is 6.17. The summed E-state index contributed by atoms with van der Waals surface area (Å²) in [6.07, 6.45) is 4.35. The van der Waals surface area contributed by atoms with Gasteiger partial charge in [0.15, 0.2) is 0 Å². The molecule has 2 rings (SSSR count). The molecule has 0 saturated heterocycles. The van der Waals surface area contributed by atoms with Crippen molar-refractivity contribution in [1.82, 2.24) is 10.6 Å². The van der Waals surface area contributed by atoms with Crippen LogP contribution in [-0.2, 0) is 19.3 Å². The molecule has 0 aliphatic carbocycles. The number of aryl methyl sites for hydroxylation is 1. The van der Waals surface area contributed by atoms with Crippen LogP contribution in [-0.4, -0.2) is 26.2 Å². The van der Waals surface area contributed by atoms with Crippen LogP contribution in [0.1, 0.15) is 30.0 Å². The predicted octanol–water partition coefficient (Wildman–Crippen LogP) is 3.77. The maximum absolute atomic E-state index is 11.4. The molecule has 0 fully saturated rings. The molecule has 0 aliphatic heterocycles. The fourth-order valence-corrected chi connectivity index (χ4v) is 2.89. The maximum atomic E-state index is 11.4. The van der Waals surface area contributed by atoms with E-state index in [0.29, 0.717) is 0 Å². The summed E-state index contributed by atoms with van der Waals surface area (Å²) in [5.41, 5.74) is 4.96. The Labute approximate surface area is 151 Å². The van der Waals surface area contributed by atoms with Crippen molar-refractivity contribution in [3.05, 3.63) is 65.2 Å². The standard InChI is InChI=1S/C21H29N3O/c1-3-7-18-9-4-5-10-19(18)13-15-23-14-12-17-8-6-11-20(16-17)24-21(25)22-2/h4-6,8-11,16,23H,3,7,12-15H2,1-2H3,(H2,22,24,25). The minimum Gasteiger partial charge on any atom is -0.341 e. The van der Waals surface area contributed by atoms with Gasteiger partial charge < -0.3 is 16.0 Å². The number of rotatable bonds is 9. The summed E-state index contributed by atoms with van der Waals surface area (Å²) in [4.78, 5) is 11.4. The molecular formula is C21H29N3O. The zero-order valence-corrected chi connectivity index (χ0v) is 15.3. The topological polar surface area (TPSA) is 53.2 Å². The van der Waals surface area contributed by atoms with E-state index in [1.807, 2.05) is 18.2 Å². The van der Waals surface area contributed by atoms with Crippen LogP contribution in [0.25, 0.3) is 0 Å². The van der Waals surface area contributed by atoms with Gasteiger partial charge in [0.1, 0.15) is 0 Å². The summed E-state index contributed by atoms with van der Waals surface area (Å²) < 4.78 is 0. The second kappa shape index (κ2) is 10.5. The third kappa shape index (κ3) is 6.59. The van der Waals surface area contributed by atoms with Crippen molar-refractivity contribution in [2.45, 2.75) is 32.6 Å². The molecule has 134 valence electrons. The molecule has 2 aromatic carbocycles. The van der Waals surface area contributed by atoms with Crippen LogP contribution in [0.15, 0.2) is 48.5 Å². The Morgan fingerprint density at radius 3 is 2.36 bits per heavy atom. The van der Waals surface area contributed by atoms with E-state index in [4.69, 9.17) is 0 Å². The van der Waals surface area contributed by atoms with Gasteiger partial charge in [-0.1, -0.05) is 49.7 Å². The molecule has 0 aliphatic rings. The minimum atomic E-state index is -0.194. The molecule has 0 bridgehead atoms. The Bertz CT molecular complexity index is 670. The number of urea groups is 1. The van der Waals surface area contributed by atoms with Crippen LogP contribution < -0.4 is 16.0 Å². The van der Waals surface area contributed by atoms with Crippen molar-refractivity contribution in [2.75, 3.05) is 25.5 Å². The SMILES string of the molecule is CCCc1ccccc1CCNCCc1cccc(NC(=O)NC)c1. The van der Waals surface area contributed by atoms with Crippen LogP contribution >= 0.6 is 0 Å². The minimum absolute atomic E-state index is 0.194. The van der Waals surface area contributed by atoms with E-state index in [0.717, 1.165) is 38.0 Å². The third-order valence-corrected chi connectivity index (χ3v) is 4.21. The van der Waals surface area contributed by atoms with Crippen molar-refractivity contribution in [2.24, 2.45) is 0 Å². The quantitative estimate of drug-likeness (QED) is 0.609. The van der Waals surface area contributed by atoms with E-state index in [2.05, 4.69) is 53.2 Å². The molecule has 4 heteroatoms. The van der Waals surface area contributed by atoms with E-state index in [1.54, 1.807) is 7.05 Å². The number of amides is 2. The van der Waals surface area contributed by atoms with Crippen molar-refractivity contribution in [1.29, 1.82) is 0 Å². The first kappa shape index (κ1) is 19.0. The summed E-state index contributed by atoms with van der Waals surface area (Å²) >= 11 is 0. The van der Waals surface area contributed by atoms with Crippen LogP contribution in [0.2, 0.25) is 0 Å². The normalized spacial score (nSPS) is 10.5. The first-order valence-corrected chi connectivity index (χ1v) is 9.08. The van der Waals surface area contributed by atoms with Gasteiger partial charge in [-0.05, 0) is 61.2 Å². The predicted molar refractivity (Wildman–Crippen MR) is 105 cm³/mol. The van der Waals surface area contributed by atoms with Crippen LogP contribution in [0.5, 0.6) is 0 Å². The molecule has 3 N–H and O–H groups in total. The van der Waals surface area contributed by atoms with E-state index in [-0.39, 0.29) is 6.03 Å².